The van der Waals surface area contributed by atoms with Crippen LogP contribution in [0.25, 0.3) is 0 Å². The van der Waals surface area contributed by atoms with Gasteiger partial charge in [0.15, 0.2) is 0 Å². The van der Waals surface area contributed by atoms with Crippen LogP contribution in [-0.2, 0) is 0 Å². The van der Waals surface area contributed by atoms with Crippen molar-refractivity contribution in [2.24, 2.45) is 0 Å². The molecule has 18 heavy (non-hydrogen) atoms. The molecule has 0 spiro atoms. The predicted octanol–water partition coefficient (Wildman–Crippen LogP) is 3.58. The zero-order valence-electron chi connectivity index (χ0n) is 8.33. The molecule has 0 saturated heterocycles. The molecule has 0 atom stereocenters. The van der Waals surface area contributed by atoms with E-state index < -0.39 is 0 Å². The maximum Gasteiger partial charge on any atom is 0.0768 e. The molecule has 0 rings (SSSR count). The summed E-state index contributed by atoms with van der Waals surface area (Å²) in [6, 6.07) is 0. The van der Waals surface area contributed by atoms with Gasteiger partial charge in [0.1, 0.15) is 0 Å². The van der Waals surface area contributed by atoms with Gasteiger partial charge in [0.05, 0.1) is 34.1 Å². The molecule has 0 unspecified atom stereocenters. The van der Waals surface area contributed by atoms with E-state index in [4.69, 9.17) is 85.5 Å². The van der Waals surface area contributed by atoms with E-state index >= 15 is 0 Å². The highest BCUT2D eigenvalue weighted by Crippen LogP contribution is 2.01. The largest absolute Gasteiger partial charge is 0.0871 e. The molecule has 0 aliphatic heterocycles. The van der Waals surface area contributed by atoms with Crippen LogP contribution in [0.5, 0.6) is 0 Å². The van der Waals surface area contributed by atoms with E-state index in [0.717, 1.165) is 0 Å². The van der Waals surface area contributed by atoms with Crippen molar-refractivity contribution in [1.29, 1.82) is 0 Å². The fourth-order valence-electron chi connectivity index (χ4n) is 0.640. The maximum atomic E-state index is 5.11. The molecule has 92 valence electrons. The maximum absolute atomic E-state index is 5.11. The van der Waals surface area contributed by atoms with Gasteiger partial charge in [-0.3, -0.25) is 0 Å². The minimum atomic E-state index is 0.174. The Morgan fingerprint density at radius 1 is 0.444 bits per heavy atom. The number of hydrogen-bond donors (Lipinski definition) is 0. The first kappa shape index (κ1) is 18.8. The van der Waals surface area contributed by atoms with Gasteiger partial charge >= 0.3 is 0 Å². The highest BCUT2D eigenvalue weighted by molar-refractivity contribution is 8.05. The molecule has 0 aliphatic carbocycles. The molecule has 9 heteroatoms. The van der Waals surface area contributed by atoms with Crippen LogP contribution < -0.4 is 0 Å². The van der Waals surface area contributed by atoms with Gasteiger partial charge in [0.2, 0.25) is 0 Å². The summed E-state index contributed by atoms with van der Waals surface area (Å²) in [6.45, 7) is 0. The van der Waals surface area contributed by atoms with Crippen LogP contribution in [0.3, 0.4) is 0 Å². The Morgan fingerprint density at radius 2 is 0.667 bits per heavy atom. The van der Waals surface area contributed by atoms with Crippen LogP contribution in [0.4, 0.5) is 0 Å². The first-order valence-electron chi connectivity index (χ1n) is 3.98. The van der Waals surface area contributed by atoms with Crippen molar-refractivity contribution in [3.63, 3.8) is 0 Å². The monoisotopic (exact) mass is 398 g/mol. The quantitative estimate of drug-likeness (QED) is 0.558. The molecule has 0 amide bonds. The van der Waals surface area contributed by atoms with E-state index in [1.807, 2.05) is 0 Å². The van der Waals surface area contributed by atoms with E-state index in [0.29, 0.717) is 0 Å². The van der Waals surface area contributed by atoms with Crippen molar-refractivity contribution in [1.82, 2.24) is 0 Å². The second kappa shape index (κ2) is 8.88. The van der Waals surface area contributed by atoms with E-state index in [1.165, 1.54) is 10.7 Å². The molecule has 0 aromatic rings. The smallest absolute Gasteiger partial charge is 0.0768 e. The zero-order valence-corrected chi connectivity index (χ0v) is 15.7. The van der Waals surface area contributed by atoms with Gasteiger partial charge in [0.25, 0.3) is 0 Å². The number of thiocarbonyl (C=S) groups is 9. The normalized spacial score (nSPS) is 8.89. The third-order valence-corrected chi connectivity index (χ3v) is 5.75. The van der Waals surface area contributed by atoms with Gasteiger partial charge in [-0.2, -0.15) is 0 Å². The summed E-state index contributed by atoms with van der Waals surface area (Å²) < 4.78 is 0. The topological polar surface area (TPSA) is 0 Å². The molecule has 0 nitrogen and oxygen atoms in total. The lowest BCUT2D eigenvalue weighted by Gasteiger charge is -2.08. The lowest BCUT2D eigenvalue weighted by Crippen LogP contribution is -2.35. The van der Waals surface area contributed by atoms with Crippen molar-refractivity contribution in [2.45, 2.75) is 0 Å². The Bertz CT molecular complexity index is 476. The molecule has 0 radical (unpaired) electrons. The average Bonchev–Trinajstić information content (AvgIpc) is 2.40. The lowest BCUT2D eigenvalue weighted by molar-refractivity contribution is 3.00. The zero-order chi connectivity index (χ0) is 14.5. The van der Waals surface area contributed by atoms with Crippen molar-refractivity contribution >= 4 is 155 Å². The van der Waals surface area contributed by atoms with Crippen LogP contribution in [-0.4, -0.2) is 44.8 Å². The Labute approximate surface area is 153 Å². The van der Waals surface area contributed by atoms with Crippen molar-refractivity contribution in [2.75, 3.05) is 0 Å². The first-order chi connectivity index (χ1) is 8.27. The van der Waals surface area contributed by atoms with Crippen LogP contribution in [0, 0.1) is 0 Å². The van der Waals surface area contributed by atoms with E-state index in [9.17, 15) is 0 Å². The molecule has 0 fully saturated rings. The third-order valence-electron chi connectivity index (χ3n) is 1.49. The van der Waals surface area contributed by atoms with Gasteiger partial charge in [-0.25, -0.2) is 0 Å². The molecule has 0 aromatic carbocycles. The Balaban J connectivity index is 5.09. The van der Waals surface area contributed by atoms with Crippen LogP contribution in [0.1, 0.15) is 0 Å². The number of rotatable bonds is 8. The van der Waals surface area contributed by atoms with Gasteiger partial charge in [0, 0.05) is 10.7 Å². The van der Waals surface area contributed by atoms with Crippen molar-refractivity contribution in [3.8, 4) is 0 Å². The summed E-state index contributed by atoms with van der Waals surface area (Å²) in [5.74, 6) is 0. The van der Waals surface area contributed by atoms with Crippen LogP contribution in [0.2, 0.25) is 0 Å². The fraction of sp³-hybridized carbons (Fsp3) is 0. The SMILES string of the molecule is S=CC(=S)C(=S)C(=S)C(=S)C(=S)C(=S)C(=S)C=S. The van der Waals surface area contributed by atoms with E-state index in [-0.39, 0.29) is 34.1 Å². The van der Waals surface area contributed by atoms with Gasteiger partial charge in [-0.05, 0) is 0 Å². The molecule has 0 aliphatic rings. The summed E-state index contributed by atoms with van der Waals surface area (Å²) in [7, 11) is 0. The summed E-state index contributed by atoms with van der Waals surface area (Å²) in [5, 5.41) is 2.52. The van der Waals surface area contributed by atoms with E-state index in [1.54, 1.807) is 0 Å². The van der Waals surface area contributed by atoms with Crippen LogP contribution >= 0.6 is 110 Å². The summed E-state index contributed by atoms with van der Waals surface area (Å²) in [6.07, 6.45) is 0. The van der Waals surface area contributed by atoms with Crippen molar-refractivity contribution < 1.29 is 0 Å². The molecular formula is C9H2S9. The van der Waals surface area contributed by atoms with Crippen molar-refractivity contribution in [3.05, 3.63) is 0 Å². The second-order valence-electron chi connectivity index (χ2n) is 2.61. The Hall–Kier alpha value is 0.810. The van der Waals surface area contributed by atoms with Gasteiger partial charge in [-0.1, -0.05) is 110 Å². The summed E-state index contributed by atoms with van der Waals surface area (Å²) >= 11 is 44.6. The van der Waals surface area contributed by atoms with Gasteiger partial charge < -0.3 is 0 Å². The van der Waals surface area contributed by atoms with Crippen LogP contribution in [0.15, 0.2) is 0 Å². The standard InChI is InChI=1S/C9H2S9/c10-1-3(12)5(14)7(16)9(18)8(17)6(15)4(13)2-11/h1-2H. The highest BCUT2D eigenvalue weighted by Gasteiger charge is 2.20. The first-order valence-corrected chi connectivity index (χ1v) is 7.78. The van der Waals surface area contributed by atoms with E-state index in [2.05, 4.69) is 24.4 Å². The Morgan fingerprint density at radius 3 is 0.889 bits per heavy atom. The lowest BCUT2D eigenvalue weighted by atomic mass is 10.1. The summed E-state index contributed by atoms with van der Waals surface area (Å²) in [5.41, 5.74) is 0. The molecular weight excluding hydrogens is 397 g/mol. The Kier molecular flexibility index (Phi) is 9.28. The number of hydrogen-bond acceptors (Lipinski definition) is 9. The molecule has 0 bridgehead atoms. The fourth-order valence-corrected chi connectivity index (χ4v) is 2.50. The molecule has 0 N–H and O–H groups in total. The molecule has 0 heterocycles. The third kappa shape index (κ3) is 5.06. The molecule has 0 saturated carbocycles. The van der Waals surface area contributed by atoms with Gasteiger partial charge in [-0.15, -0.1) is 0 Å². The highest BCUT2D eigenvalue weighted by atomic mass is 32.1. The average molecular weight is 399 g/mol. The minimum Gasteiger partial charge on any atom is -0.0871 e. The second-order valence-corrected chi connectivity index (χ2v) is 6.00. The summed E-state index contributed by atoms with van der Waals surface area (Å²) in [4.78, 5) is 1.54. The minimum absolute atomic E-state index is 0.174. The predicted molar refractivity (Wildman–Crippen MR) is 115 cm³/mol. The molecule has 0 aromatic heterocycles.